The summed E-state index contributed by atoms with van der Waals surface area (Å²) in [4.78, 5) is 39.6. The molecule has 50 heavy (non-hydrogen) atoms. The Balaban J connectivity index is 0.000000178. The molecule has 10 nitrogen and oxygen atoms in total. The number of halogens is 6. The molecule has 0 aliphatic carbocycles. The Morgan fingerprint density at radius 3 is 1.54 bits per heavy atom. The van der Waals surface area contributed by atoms with E-state index in [1.165, 1.54) is 9.36 Å². The van der Waals surface area contributed by atoms with Crippen molar-refractivity contribution in [2.75, 3.05) is 0 Å². The highest BCUT2D eigenvalue weighted by atomic mass is 35.5. The first kappa shape index (κ1) is 35.9. The Morgan fingerprint density at radius 1 is 0.640 bits per heavy atom. The molecule has 256 valence electrons. The number of hydrogen-bond acceptors (Lipinski definition) is 6. The lowest BCUT2D eigenvalue weighted by molar-refractivity contribution is 0.848. The van der Waals surface area contributed by atoms with Crippen molar-refractivity contribution in [3.63, 3.8) is 0 Å². The van der Waals surface area contributed by atoms with E-state index in [9.17, 15) is 9.59 Å². The van der Waals surface area contributed by atoms with Crippen LogP contribution in [0.2, 0.25) is 30.1 Å². The van der Waals surface area contributed by atoms with Crippen molar-refractivity contribution < 1.29 is 0 Å². The van der Waals surface area contributed by atoms with Gasteiger partial charge in [-0.2, -0.15) is 10.2 Å². The molecule has 4 aromatic heterocycles. The van der Waals surface area contributed by atoms with E-state index in [4.69, 9.17) is 69.6 Å². The molecule has 0 unspecified atom stereocenters. The van der Waals surface area contributed by atoms with Crippen molar-refractivity contribution >= 4 is 91.7 Å². The molecule has 0 bridgehead atoms. The van der Waals surface area contributed by atoms with Gasteiger partial charge in [-0.3, -0.25) is 9.59 Å². The maximum Gasteiger partial charge on any atom is 0.262 e. The van der Waals surface area contributed by atoms with Gasteiger partial charge in [0.2, 0.25) is 0 Å². The van der Waals surface area contributed by atoms with Gasteiger partial charge in [0.25, 0.3) is 11.1 Å². The Hall–Kier alpha value is -3.90. The maximum absolute atomic E-state index is 12.8. The Kier molecular flexibility index (Phi) is 10.6. The van der Waals surface area contributed by atoms with Gasteiger partial charge in [0.05, 0.1) is 31.5 Å². The van der Waals surface area contributed by atoms with E-state index >= 15 is 0 Å². The molecule has 0 aliphatic heterocycles. The van der Waals surface area contributed by atoms with Crippen LogP contribution < -0.4 is 11.1 Å². The molecule has 0 saturated carbocycles. The Morgan fingerprint density at radius 2 is 1.08 bits per heavy atom. The highest BCUT2D eigenvalue weighted by molar-refractivity contribution is 6.41. The number of fused-ring (bicyclic) bond motifs is 2. The minimum Gasteiger partial charge on any atom is -0.310 e. The van der Waals surface area contributed by atoms with Crippen LogP contribution in [0.4, 0.5) is 0 Å². The van der Waals surface area contributed by atoms with Crippen LogP contribution in [0.5, 0.6) is 0 Å². The van der Waals surface area contributed by atoms with Gasteiger partial charge < -0.3 is 9.97 Å². The highest BCUT2D eigenvalue weighted by Crippen LogP contribution is 2.35. The van der Waals surface area contributed by atoms with Crippen LogP contribution in [0.15, 0.2) is 64.2 Å². The third kappa shape index (κ3) is 7.01. The second-order valence-corrected chi connectivity index (χ2v) is 13.6. The summed E-state index contributed by atoms with van der Waals surface area (Å²) in [5, 5.41) is 12.1. The van der Waals surface area contributed by atoms with E-state index in [2.05, 4.69) is 30.1 Å². The van der Waals surface area contributed by atoms with Crippen molar-refractivity contribution in [2.45, 2.75) is 40.0 Å². The molecular weight excluding hydrogens is 765 g/mol. The molecule has 0 atom stereocenters. The molecule has 0 spiro atoms. The Labute approximate surface area is 314 Å². The van der Waals surface area contributed by atoms with Crippen LogP contribution in [0, 0.1) is 6.92 Å². The minimum atomic E-state index is -0.236. The van der Waals surface area contributed by atoms with Gasteiger partial charge in [0.15, 0.2) is 11.3 Å². The van der Waals surface area contributed by atoms with Crippen molar-refractivity contribution in [1.82, 2.24) is 39.5 Å². The second kappa shape index (κ2) is 14.8. The zero-order valence-corrected chi connectivity index (χ0v) is 31.1. The molecule has 2 N–H and O–H groups in total. The van der Waals surface area contributed by atoms with Gasteiger partial charge in [0.1, 0.15) is 33.8 Å². The van der Waals surface area contributed by atoms with E-state index in [0.29, 0.717) is 106 Å². The van der Waals surface area contributed by atoms with Crippen molar-refractivity contribution in [3.05, 3.63) is 134 Å². The van der Waals surface area contributed by atoms with E-state index in [1.54, 1.807) is 31.2 Å². The second-order valence-electron chi connectivity index (χ2n) is 11.1. The predicted molar refractivity (Wildman–Crippen MR) is 202 cm³/mol. The summed E-state index contributed by atoms with van der Waals surface area (Å²) in [6.45, 7) is 5.54. The van der Waals surface area contributed by atoms with Crippen molar-refractivity contribution in [3.8, 4) is 11.4 Å². The molecule has 16 heteroatoms. The topological polar surface area (TPSA) is 127 Å². The summed E-state index contributed by atoms with van der Waals surface area (Å²) in [5.41, 5.74) is 3.56. The van der Waals surface area contributed by atoms with E-state index in [-0.39, 0.29) is 11.1 Å². The fourth-order valence-corrected chi connectivity index (χ4v) is 7.45. The maximum atomic E-state index is 12.8. The van der Waals surface area contributed by atoms with Crippen LogP contribution in [0.1, 0.15) is 42.4 Å². The molecule has 4 heterocycles. The van der Waals surface area contributed by atoms with Gasteiger partial charge in [-0.15, -0.1) is 0 Å². The third-order valence-corrected chi connectivity index (χ3v) is 9.25. The lowest BCUT2D eigenvalue weighted by atomic mass is 10.1. The number of hydrogen-bond donors (Lipinski definition) is 2. The van der Waals surface area contributed by atoms with Crippen LogP contribution in [0.25, 0.3) is 33.4 Å². The number of nitrogens with one attached hydrogen (secondary N) is 2. The first-order chi connectivity index (χ1) is 23.9. The number of aromatic nitrogens is 8. The monoisotopic (exact) mass is 788 g/mol. The van der Waals surface area contributed by atoms with Gasteiger partial charge >= 0.3 is 0 Å². The summed E-state index contributed by atoms with van der Waals surface area (Å²) >= 11 is 37.3. The van der Waals surface area contributed by atoms with Crippen LogP contribution >= 0.6 is 69.6 Å². The number of rotatable bonds is 6. The largest absolute Gasteiger partial charge is 0.310 e. The normalized spacial score (nSPS) is 11.3. The molecule has 3 aromatic carbocycles. The smallest absolute Gasteiger partial charge is 0.262 e. The fraction of sp³-hybridized carbons (Fsp3) is 0.176. The molecule has 0 saturated heterocycles. The molecule has 0 fully saturated rings. The first-order valence-electron chi connectivity index (χ1n) is 15.2. The standard InChI is InChI=1S/C20H15Cl3N4O.C14H11Cl3N4O/c1-2-15-17-19(27(26-15)18-13(22)9-12(21)10-14(18)23)24-16(25-20(17)28)8-11-6-4-3-5-7-11;1-3-10-11-13(18-6(2)19-14(11)22)21(20-10)12-8(16)4-7(15)5-9(12)17/h3-7,9-10H,2,8H2,1H3,(H,24,25,28);4-5H,3H2,1-2H3,(H,18,19,22). The predicted octanol–water partition coefficient (Wildman–Crippen LogP) is 9.16. The first-order valence-corrected chi connectivity index (χ1v) is 17.5. The zero-order valence-electron chi connectivity index (χ0n) is 26.6. The summed E-state index contributed by atoms with van der Waals surface area (Å²) in [5.74, 6) is 1.02. The summed E-state index contributed by atoms with van der Waals surface area (Å²) in [7, 11) is 0. The molecule has 0 radical (unpaired) electrons. The average Bonchev–Trinajstić information content (AvgIpc) is 3.60. The SMILES string of the molecule is CCc1nn(-c2c(Cl)cc(Cl)cc2Cl)c2nc(C)[nH]c(=O)c12.CCc1nn(-c2c(Cl)cc(Cl)cc2Cl)c2nc(Cc3ccccc3)[nH]c(=O)c12. The lowest BCUT2D eigenvalue weighted by Crippen LogP contribution is -2.13. The average molecular weight is 791 g/mol. The number of aryl methyl sites for hydroxylation is 3. The quantitative estimate of drug-likeness (QED) is 0.173. The number of benzene rings is 3. The van der Waals surface area contributed by atoms with Gasteiger partial charge in [-0.25, -0.2) is 19.3 Å². The van der Waals surface area contributed by atoms with Crippen LogP contribution in [-0.4, -0.2) is 39.5 Å². The van der Waals surface area contributed by atoms with Gasteiger partial charge in [0, 0.05) is 16.5 Å². The fourth-order valence-electron chi connectivity index (χ4n) is 5.49. The summed E-state index contributed by atoms with van der Waals surface area (Å²) in [6, 6.07) is 16.1. The molecule has 0 aliphatic rings. The summed E-state index contributed by atoms with van der Waals surface area (Å²) < 4.78 is 3.02. The molecular formula is C34H26Cl6N8O2. The third-order valence-electron chi connectivity index (χ3n) is 7.66. The number of H-pyrrole nitrogens is 2. The van der Waals surface area contributed by atoms with Crippen molar-refractivity contribution in [1.29, 1.82) is 0 Å². The van der Waals surface area contributed by atoms with Crippen LogP contribution in [0.3, 0.4) is 0 Å². The number of aromatic amines is 2. The summed E-state index contributed by atoms with van der Waals surface area (Å²) in [6.07, 6.45) is 1.63. The lowest BCUT2D eigenvalue weighted by Gasteiger charge is -2.09. The minimum absolute atomic E-state index is 0.230. The highest BCUT2D eigenvalue weighted by Gasteiger charge is 2.22. The van der Waals surface area contributed by atoms with Gasteiger partial charge in [-0.05, 0) is 49.6 Å². The van der Waals surface area contributed by atoms with Gasteiger partial charge in [-0.1, -0.05) is 114 Å². The zero-order chi connectivity index (χ0) is 35.9. The molecule has 7 aromatic rings. The van der Waals surface area contributed by atoms with Crippen molar-refractivity contribution in [2.24, 2.45) is 0 Å². The molecule has 0 amide bonds. The number of nitrogens with zero attached hydrogens (tertiary/aromatic N) is 6. The van der Waals surface area contributed by atoms with Crippen LogP contribution in [-0.2, 0) is 19.3 Å². The molecule has 7 rings (SSSR count). The van der Waals surface area contributed by atoms with E-state index in [1.807, 2.05) is 44.2 Å². The Bertz CT molecular complexity index is 2480. The van der Waals surface area contributed by atoms with E-state index < -0.39 is 0 Å². The van der Waals surface area contributed by atoms with E-state index in [0.717, 1.165) is 5.56 Å².